The van der Waals surface area contributed by atoms with E-state index in [0.717, 1.165) is 5.82 Å². The molecule has 6 heteroatoms. The minimum absolute atomic E-state index is 0.759. The van der Waals surface area contributed by atoms with E-state index in [1.54, 1.807) is 12.3 Å². The van der Waals surface area contributed by atoms with E-state index >= 15 is 0 Å². The fourth-order valence-corrected chi connectivity index (χ4v) is 0.761. The smallest absolute Gasteiger partial charge is 0.171 e. The van der Waals surface area contributed by atoms with E-state index in [2.05, 4.69) is 15.7 Å². The number of nitrogens with one attached hydrogen (secondary N) is 1. The van der Waals surface area contributed by atoms with E-state index in [-0.39, 0.29) is 0 Å². The lowest BCUT2D eigenvalue weighted by molar-refractivity contribution is 0.235. The second kappa shape index (κ2) is 1.71. The lowest BCUT2D eigenvalue weighted by atomic mass is 10.5. The van der Waals surface area contributed by atoms with Gasteiger partial charge in [-0.15, -0.1) is 10.2 Å². The van der Waals surface area contributed by atoms with Crippen LogP contribution in [0.2, 0.25) is 0 Å². The molecular formula is C4H6N6. The van der Waals surface area contributed by atoms with Crippen molar-refractivity contribution in [2.24, 2.45) is 16.0 Å². The lowest BCUT2D eigenvalue weighted by Gasteiger charge is -2.19. The Morgan fingerprint density at radius 2 is 2.50 bits per heavy atom. The van der Waals surface area contributed by atoms with Crippen molar-refractivity contribution < 1.29 is 0 Å². The number of hydrazone groups is 2. The van der Waals surface area contributed by atoms with Crippen LogP contribution in [0.4, 0.5) is 0 Å². The van der Waals surface area contributed by atoms with Crippen molar-refractivity contribution in [3.63, 3.8) is 0 Å². The number of rotatable bonds is 0. The number of allylic oxidation sites excluding steroid dienone is 1. The van der Waals surface area contributed by atoms with Gasteiger partial charge in [-0.25, -0.2) is 10.9 Å². The third kappa shape index (κ3) is 0.560. The predicted molar refractivity (Wildman–Crippen MR) is 36.1 cm³/mol. The Morgan fingerprint density at radius 1 is 1.60 bits per heavy atom. The molecule has 0 unspecified atom stereocenters. The predicted octanol–water partition coefficient (Wildman–Crippen LogP) is -1.23. The number of nitrogens with two attached hydrogens (primary N) is 1. The molecule has 2 heterocycles. The van der Waals surface area contributed by atoms with Crippen LogP contribution in [0.15, 0.2) is 22.1 Å². The van der Waals surface area contributed by atoms with Crippen molar-refractivity contribution in [2.75, 3.05) is 0 Å². The zero-order chi connectivity index (χ0) is 6.97. The summed E-state index contributed by atoms with van der Waals surface area (Å²) in [4.78, 5) is 0. The second-order valence-electron chi connectivity index (χ2n) is 1.85. The topological polar surface area (TPSA) is 69.2 Å². The van der Waals surface area contributed by atoms with Gasteiger partial charge in [0, 0.05) is 6.08 Å². The quantitative estimate of drug-likeness (QED) is 0.411. The van der Waals surface area contributed by atoms with Gasteiger partial charge in [-0.1, -0.05) is 0 Å². The van der Waals surface area contributed by atoms with Gasteiger partial charge in [0.05, 0.1) is 6.21 Å². The molecule has 0 aromatic heterocycles. The van der Waals surface area contributed by atoms with Crippen LogP contribution in [0.3, 0.4) is 0 Å². The molecule has 0 amide bonds. The minimum atomic E-state index is 0.759. The van der Waals surface area contributed by atoms with Crippen molar-refractivity contribution in [1.29, 1.82) is 0 Å². The van der Waals surface area contributed by atoms with Gasteiger partial charge in [0.25, 0.3) is 0 Å². The van der Waals surface area contributed by atoms with Gasteiger partial charge >= 0.3 is 0 Å². The number of nitrogens with zero attached hydrogens (tertiary/aromatic N) is 4. The third-order valence-electron chi connectivity index (χ3n) is 1.22. The standard InChI is InChI=1S/C4H6N6/c5-9-3-7-10-4(9)1-2-6-8-10/h1-3,8H,5H2. The van der Waals surface area contributed by atoms with E-state index in [0.29, 0.717) is 0 Å². The Hall–Kier alpha value is -1.56. The summed E-state index contributed by atoms with van der Waals surface area (Å²) in [7, 11) is 0. The summed E-state index contributed by atoms with van der Waals surface area (Å²) < 4.78 is 0. The highest BCUT2D eigenvalue weighted by molar-refractivity contribution is 5.74. The Labute approximate surface area is 57.2 Å². The molecule has 0 aromatic carbocycles. The molecule has 0 spiro atoms. The molecule has 0 atom stereocenters. The summed E-state index contributed by atoms with van der Waals surface area (Å²) in [5.41, 5.74) is 2.63. The number of hydrazine groups is 2. The minimum Gasteiger partial charge on any atom is -0.248 e. The van der Waals surface area contributed by atoms with Crippen LogP contribution in [0.25, 0.3) is 0 Å². The van der Waals surface area contributed by atoms with Crippen molar-refractivity contribution >= 4 is 12.6 Å². The van der Waals surface area contributed by atoms with Gasteiger partial charge in [0.2, 0.25) is 0 Å². The van der Waals surface area contributed by atoms with E-state index in [9.17, 15) is 0 Å². The van der Waals surface area contributed by atoms with E-state index in [1.165, 1.54) is 16.5 Å². The maximum Gasteiger partial charge on any atom is 0.171 e. The summed E-state index contributed by atoms with van der Waals surface area (Å²) in [5.74, 6) is 6.22. The normalized spacial score (nSPS) is 20.7. The van der Waals surface area contributed by atoms with Crippen molar-refractivity contribution in [1.82, 2.24) is 15.7 Å². The van der Waals surface area contributed by atoms with Crippen molar-refractivity contribution in [3.05, 3.63) is 11.9 Å². The lowest BCUT2D eigenvalue weighted by Crippen LogP contribution is -2.36. The zero-order valence-electron chi connectivity index (χ0n) is 5.10. The molecule has 10 heavy (non-hydrogen) atoms. The summed E-state index contributed by atoms with van der Waals surface area (Å²) in [6.45, 7) is 0. The zero-order valence-corrected chi connectivity index (χ0v) is 5.10. The van der Waals surface area contributed by atoms with E-state index in [1.807, 2.05) is 0 Å². The summed E-state index contributed by atoms with van der Waals surface area (Å²) >= 11 is 0. The molecule has 3 N–H and O–H groups in total. The molecule has 0 radical (unpaired) electrons. The maximum absolute atomic E-state index is 5.46. The van der Waals surface area contributed by atoms with Gasteiger partial charge in [-0.3, -0.25) is 0 Å². The molecule has 0 saturated carbocycles. The third-order valence-corrected chi connectivity index (χ3v) is 1.22. The summed E-state index contributed by atoms with van der Waals surface area (Å²) in [6, 6.07) is 0. The highest BCUT2D eigenvalue weighted by Crippen LogP contribution is 2.10. The molecule has 6 nitrogen and oxygen atoms in total. The Morgan fingerprint density at radius 3 is 3.30 bits per heavy atom. The molecule has 2 aliphatic rings. The van der Waals surface area contributed by atoms with Crippen LogP contribution in [0.1, 0.15) is 0 Å². The van der Waals surface area contributed by atoms with Crippen molar-refractivity contribution in [3.8, 4) is 0 Å². The largest absolute Gasteiger partial charge is 0.248 e. The van der Waals surface area contributed by atoms with Gasteiger partial charge in [0.1, 0.15) is 6.34 Å². The van der Waals surface area contributed by atoms with Crippen molar-refractivity contribution in [2.45, 2.75) is 0 Å². The molecule has 0 fully saturated rings. The monoisotopic (exact) mass is 138 g/mol. The first-order valence-corrected chi connectivity index (χ1v) is 2.75. The van der Waals surface area contributed by atoms with Crippen LogP contribution in [0, 0.1) is 0 Å². The molecule has 0 bridgehead atoms. The molecule has 0 saturated heterocycles. The Balaban J connectivity index is 2.32. The fourth-order valence-electron chi connectivity index (χ4n) is 0.761. The number of fused-ring (bicyclic) bond motifs is 1. The summed E-state index contributed by atoms with van der Waals surface area (Å²) in [5, 5.41) is 10.5. The van der Waals surface area contributed by atoms with Gasteiger partial charge in [0.15, 0.2) is 5.82 Å². The van der Waals surface area contributed by atoms with Crippen LogP contribution in [-0.4, -0.2) is 22.7 Å². The van der Waals surface area contributed by atoms with Gasteiger partial charge in [-0.2, -0.15) is 10.6 Å². The molecular weight excluding hydrogens is 132 g/mol. The van der Waals surface area contributed by atoms with Gasteiger partial charge < -0.3 is 0 Å². The van der Waals surface area contributed by atoms with Gasteiger partial charge in [-0.05, 0) is 0 Å². The van der Waals surface area contributed by atoms with Crippen LogP contribution >= 0.6 is 0 Å². The Kier molecular flexibility index (Phi) is 0.896. The molecule has 0 aromatic rings. The molecule has 2 aliphatic heterocycles. The molecule has 52 valence electrons. The molecule has 0 aliphatic carbocycles. The Bertz CT molecular complexity index is 228. The SMILES string of the molecule is NN1C=NN2NN=CC=C12. The highest BCUT2D eigenvalue weighted by atomic mass is 15.9. The second-order valence-corrected chi connectivity index (χ2v) is 1.85. The number of hydrogen-bond acceptors (Lipinski definition) is 6. The molecule has 2 rings (SSSR count). The number of hydrogen-bond donors (Lipinski definition) is 2. The fraction of sp³-hybridized carbons (Fsp3) is 0. The average molecular weight is 138 g/mol. The summed E-state index contributed by atoms with van der Waals surface area (Å²) in [6.07, 6.45) is 4.86. The maximum atomic E-state index is 5.46. The average Bonchev–Trinajstić information content (AvgIpc) is 2.34. The highest BCUT2D eigenvalue weighted by Gasteiger charge is 2.19. The van der Waals surface area contributed by atoms with Crippen LogP contribution in [-0.2, 0) is 0 Å². The van der Waals surface area contributed by atoms with Crippen LogP contribution < -0.4 is 11.4 Å². The first kappa shape index (κ1) is 5.24. The van der Waals surface area contributed by atoms with E-state index in [4.69, 9.17) is 5.84 Å². The van der Waals surface area contributed by atoms with E-state index < -0.39 is 0 Å². The first-order chi connectivity index (χ1) is 4.88. The first-order valence-electron chi connectivity index (χ1n) is 2.75. The van der Waals surface area contributed by atoms with Crippen LogP contribution in [0.5, 0.6) is 0 Å².